The van der Waals surface area contributed by atoms with Gasteiger partial charge in [0.05, 0.1) is 10.1 Å². The van der Waals surface area contributed by atoms with Crippen LogP contribution >= 0.6 is 69.6 Å². The Bertz CT molecular complexity index is 445. The lowest BCUT2D eigenvalue weighted by Gasteiger charge is -2.39. The molecule has 0 heterocycles. The van der Waals surface area contributed by atoms with E-state index in [1.54, 1.807) is 0 Å². The monoisotopic (exact) mass is 364 g/mol. The van der Waals surface area contributed by atoms with Crippen LogP contribution in [-0.2, 0) is 0 Å². The fourth-order valence-electron chi connectivity index (χ4n) is 5.01. The standard InChI is InChI=1S/C12H10Cl6/c13-8-9(14)11(16)7-5-2-1-4(3-5)6(7)10(8,15)12(11,17)18/h4-7H,1-3H2/t4-,5+,6+,7-,10+,11-. The predicted molar refractivity (Wildman–Crippen MR) is 78.1 cm³/mol. The van der Waals surface area contributed by atoms with E-state index in [0.717, 1.165) is 6.42 Å². The maximum atomic E-state index is 6.80. The molecule has 0 aromatic heterocycles. The van der Waals surface area contributed by atoms with Crippen LogP contribution in [0.4, 0.5) is 0 Å². The normalized spacial score (nSPS) is 59.7. The van der Waals surface area contributed by atoms with Gasteiger partial charge in [0.2, 0.25) is 0 Å². The largest absolute Gasteiger partial charge is 0.166 e. The van der Waals surface area contributed by atoms with Crippen molar-refractivity contribution in [2.75, 3.05) is 0 Å². The average molecular weight is 367 g/mol. The smallest absolute Gasteiger partial charge is 0.109 e. The van der Waals surface area contributed by atoms with Gasteiger partial charge in [0.15, 0.2) is 4.33 Å². The van der Waals surface area contributed by atoms with Crippen molar-refractivity contribution in [2.24, 2.45) is 23.7 Å². The van der Waals surface area contributed by atoms with E-state index in [2.05, 4.69) is 0 Å². The molecule has 0 N–H and O–H groups in total. The summed E-state index contributed by atoms with van der Waals surface area (Å²) in [4.78, 5) is -2.03. The highest BCUT2D eigenvalue weighted by molar-refractivity contribution is 6.65. The molecule has 3 fully saturated rings. The molecule has 0 amide bonds. The highest BCUT2D eigenvalue weighted by Gasteiger charge is 2.85. The maximum absolute atomic E-state index is 6.80. The van der Waals surface area contributed by atoms with E-state index in [9.17, 15) is 0 Å². The van der Waals surface area contributed by atoms with Gasteiger partial charge in [0.1, 0.15) is 9.75 Å². The maximum Gasteiger partial charge on any atom is 0.166 e. The van der Waals surface area contributed by atoms with Crippen LogP contribution in [0.15, 0.2) is 10.1 Å². The van der Waals surface area contributed by atoms with Crippen LogP contribution in [-0.4, -0.2) is 14.1 Å². The summed E-state index contributed by atoms with van der Waals surface area (Å²) in [5.74, 6) is 1.35. The van der Waals surface area contributed by atoms with Crippen LogP contribution < -0.4 is 0 Å². The van der Waals surface area contributed by atoms with Gasteiger partial charge in [-0.1, -0.05) is 46.4 Å². The Labute approximate surface area is 136 Å². The van der Waals surface area contributed by atoms with Crippen LogP contribution in [0.1, 0.15) is 19.3 Å². The lowest BCUT2D eigenvalue weighted by atomic mass is 9.73. The summed E-state index contributed by atoms with van der Waals surface area (Å²) in [7, 11) is 0. The fourth-order valence-corrected chi connectivity index (χ4v) is 8.18. The number of hydrogen-bond donors (Lipinski definition) is 0. The minimum absolute atomic E-state index is 0.153. The molecule has 18 heavy (non-hydrogen) atoms. The Kier molecular flexibility index (Phi) is 2.52. The molecule has 0 radical (unpaired) electrons. The summed E-state index contributed by atoms with van der Waals surface area (Å²) in [6, 6.07) is 0. The van der Waals surface area contributed by atoms with Gasteiger partial charge in [-0.15, -0.1) is 23.2 Å². The van der Waals surface area contributed by atoms with Gasteiger partial charge in [-0.05, 0) is 42.9 Å². The second-order valence-corrected chi connectivity index (χ2v) is 9.29. The first kappa shape index (κ1) is 13.2. The van der Waals surface area contributed by atoms with Crippen LogP contribution in [0.3, 0.4) is 0 Å². The first-order chi connectivity index (χ1) is 8.28. The first-order valence-corrected chi connectivity index (χ1v) is 8.36. The molecule has 4 rings (SSSR count). The van der Waals surface area contributed by atoms with Crippen molar-refractivity contribution >= 4 is 69.6 Å². The minimum atomic E-state index is -1.33. The van der Waals surface area contributed by atoms with Crippen molar-refractivity contribution in [3.63, 3.8) is 0 Å². The minimum Gasteiger partial charge on any atom is -0.109 e. The van der Waals surface area contributed by atoms with E-state index in [-0.39, 0.29) is 11.8 Å². The van der Waals surface area contributed by atoms with Crippen molar-refractivity contribution in [3.8, 4) is 0 Å². The highest BCUT2D eigenvalue weighted by Crippen LogP contribution is 2.82. The lowest BCUT2D eigenvalue weighted by Crippen LogP contribution is -2.46. The molecule has 0 unspecified atom stereocenters. The fraction of sp³-hybridized carbons (Fsp3) is 0.833. The molecule has 4 aliphatic rings. The zero-order valence-electron chi connectivity index (χ0n) is 9.20. The molecule has 0 nitrogen and oxygen atoms in total. The molecule has 6 atom stereocenters. The van der Waals surface area contributed by atoms with Crippen molar-refractivity contribution in [1.29, 1.82) is 0 Å². The Hall–Kier alpha value is 1.48. The van der Waals surface area contributed by atoms with Crippen molar-refractivity contribution in [2.45, 2.75) is 33.3 Å². The van der Waals surface area contributed by atoms with Crippen molar-refractivity contribution in [1.82, 2.24) is 0 Å². The summed E-state index contributed by atoms with van der Waals surface area (Å²) in [5, 5.41) is 0.722. The molecule has 0 spiro atoms. The van der Waals surface area contributed by atoms with Crippen LogP contribution in [0.25, 0.3) is 0 Å². The number of allylic oxidation sites excluding steroid dienone is 2. The summed E-state index contributed by atoms with van der Waals surface area (Å²) in [6.07, 6.45) is 3.48. The molecule has 4 bridgehead atoms. The topological polar surface area (TPSA) is 0 Å². The van der Waals surface area contributed by atoms with Gasteiger partial charge in [-0.3, -0.25) is 0 Å². The summed E-state index contributed by atoms with van der Waals surface area (Å²) < 4.78 is -1.33. The zero-order valence-corrected chi connectivity index (χ0v) is 13.7. The quantitative estimate of drug-likeness (QED) is 0.392. The second-order valence-electron chi connectivity index (χ2n) is 6.01. The highest BCUT2D eigenvalue weighted by atomic mass is 35.5. The van der Waals surface area contributed by atoms with Gasteiger partial charge in [0, 0.05) is 0 Å². The second kappa shape index (κ2) is 3.45. The molecular weight excluding hydrogens is 357 g/mol. The molecule has 4 aliphatic carbocycles. The molecule has 0 aliphatic heterocycles. The van der Waals surface area contributed by atoms with Crippen molar-refractivity contribution in [3.05, 3.63) is 10.1 Å². The number of halogens is 6. The third kappa shape index (κ3) is 1.01. The summed E-state index contributed by atoms with van der Waals surface area (Å²) in [5.41, 5.74) is 0. The van der Waals surface area contributed by atoms with E-state index in [0.29, 0.717) is 21.9 Å². The first-order valence-electron chi connectivity index (χ1n) is 6.09. The van der Waals surface area contributed by atoms with E-state index >= 15 is 0 Å². The molecule has 6 heteroatoms. The molecule has 0 aromatic rings. The molecule has 3 saturated carbocycles. The van der Waals surface area contributed by atoms with E-state index in [1.165, 1.54) is 12.8 Å². The molecular formula is C12H10Cl6. The number of fused-ring (bicyclic) bond motifs is 9. The number of alkyl halides is 4. The number of rotatable bonds is 0. The Morgan fingerprint density at radius 2 is 1.17 bits per heavy atom. The number of hydrogen-bond acceptors (Lipinski definition) is 0. The Morgan fingerprint density at radius 1 is 0.778 bits per heavy atom. The van der Waals surface area contributed by atoms with Gasteiger partial charge < -0.3 is 0 Å². The third-order valence-electron chi connectivity index (χ3n) is 5.58. The van der Waals surface area contributed by atoms with E-state index in [4.69, 9.17) is 69.6 Å². The van der Waals surface area contributed by atoms with Crippen molar-refractivity contribution < 1.29 is 0 Å². The van der Waals surface area contributed by atoms with Gasteiger partial charge in [-0.25, -0.2) is 0 Å². The van der Waals surface area contributed by atoms with Gasteiger partial charge >= 0.3 is 0 Å². The third-order valence-corrected chi connectivity index (χ3v) is 9.87. The summed E-state index contributed by atoms with van der Waals surface area (Å²) in [6.45, 7) is 0. The van der Waals surface area contributed by atoms with Gasteiger partial charge in [-0.2, -0.15) is 0 Å². The average Bonchev–Trinajstić information content (AvgIpc) is 2.97. The zero-order chi connectivity index (χ0) is 13.1. The summed E-state index contributed by atoms with van der Waals surface area (Å²) >= 11 is 39.4. The Morgan fingerprint density at radius 3 is 1.56 bits per heavy atom. The predicted octanol–water partition coefficient (Wildman–Crippen LogP) is 5.49. The van der Waals surface area contributed by atoms with Crippen LogP contribution in [0, 0.1) is 23.7 Å². The molecule has 0 aromatic carbocycles. The van der Waals surface area contributed by atoms with E-state index in [1.807, 2.05) is 0 Å². The lowest BCUT2D eigenvalue weighted by molar-refractivity contribution is 0.219. The van der Waals surface area contributed by atoms with Gasteiger partial charge in [0.25, 0.3) is 0 Å². The molecule has 100 valence electrons. The SMILES string of the molecule is ClC1=C(Cl)[C@]2(Cl)[C@@H]3[C@H]4CC[C@H](C4)[C@@H]3[C@@]1(Cl)C2(Cl)Cl. The van der Waals surface area contributed by atoms with Crippen LogP contribution in [0.2, 0.25) is 0 Å². The molecule has 0 saturated heterocycles. The Balaban J connectivity index is 2.01. The van der Waals surface area contributed by atoms with E-state index < -0.39 is 14.1 Å². The van der Waals surface area contributed by atoms with Crippen LogP contribution in [0.5, 0.6) is 0 Å².